The van der Waals surface area contributed by atoms with Crippen molar-refractivity contribution in [3.63, 3.8) is 0 Å². The molecule has 7 heteroatoms. The highest BCUT2D eigenvalue weighted by molar-refractivity contribution is 7.22. The molecule has 150 valence electrons. The molecule has 0 radical (unpaired) electrons. The zero-order valence-electron chi connectivity index (χ0n) is 16.3. The third-order valence-electron chi connectivity index (χ3n) is 5.01. The highest BCUT2D eigenvalue weighted by Gasteiger charge is 2.27. The van der Waals surface area contributed by atoms with Gasteiger partial charge >= 0.3 is 5.97 Å². The van der Waals surface area contributed by atoms with Crippen molar-refractivity contribution in [2.45, 2.75) is 19.8 Å². The van der Waals surface area contributed by atoms with Crippen molar-refractivity contribution >= 4 is 44.2 Å². The second-order valence-electron chi connectivity index (χ2n) is 7.04. The van der Waals surface area contributed by atoms with Crippen LogP contribution in [0.2, 0.25) is 0 Å². The topological polar surface area (TPSA) is 71.5 Å². The van der Waals surface area contributed by atoms with Gasteiger partial charge in [-0.25, -0.2) is 9.78 Å². The van der Waals surface area contributed by atoms with E-state index in [1.807, 2.05) is 18.2 Å². The summed E-state index contributed by atoms with van der Waals surface area (Å²) in [7, 11) is 0. The fourth-order valence-corrected chi connectivity index (χ4v) is 4.51. The molecular weight excluding hydrogens is 386 g/mol. The molecule has 1 saturated heterocycles. The van der Waals surface area contributed by atoms with E-state index in [1.165, 1.54) is 0 Å². The third-order valence-corrected chi connectivity index (χ3v) is 6.11. The Morgan fingerprint density at radius 1 is 1.21 bits per heavy atom. The molecule has 1 N–H and O–H groups in total. The quantitative estimate of drug-likeness (QED) is 0.635. The lowest BCUT2D eigenvalue weighted by Crippen LogP contribution is -2.40. The van der Waals surface area contributed by atoms with Crippen LogP contribution < -0.4 is 10.2 Å². The number of carbonyl (C=O) groups is 2. The molecule has 0 aliphatic carbocycles. The van der Waals surface area contributed by atoms with Crippen LogP contribution in [0.15, 0.2) is 48.5 Å². The van der Waals surface area contributed by atoms with Crippen molar-refractivity contribution in [3.05, 3.63) is 54.1 Å². The van der Waals surface area contributed by atoms with Crippen LogP contribution in [0.4, 0.5) is 10.8 Å². The summed E-state index contributed by atoms with van der Waals surface area (Å²) >= 11 is 1.67. The second kappa shape index (κ2) is 8.61. The number of esters is 1. The predicted octanol–water partition coefficient (Wildman–Crippen LogP) is 4.33. The number of fused-ring (bicyclic) bond motifs is 1. The molecule has 4 rings (SSSR count). The van der Waals surface area contributed by atoms with Gasteiger partial charge in [-0.1, -0.05) is 23.5 Å². The van der Waals surface area contributed by atoms with Gasteiger partial charge in [0.2, 0.25) is 5.91 Å². The Balaban J connectivity index is 1.40. The Morgan fingerprint density at radius 2 is 2.00 bits per heavy atom. The van der Waals surface area contributed by atoms with E-state index in [2.05, 4.69) is 16.3 Å². The summed E-state index contributed by atoms with van der Waals surface area (Å²) in [5.41, 5.74) is 2.16. The SMILES string of the molecule is CCOC(=O)c1ccc(NC(=O)C2CCCN(c3nc4ccccc4s3)C2)cc1. The minimum Gasteiger partial charge on any atom is -0.462 e. The van der Waals surface area contributed by atoms with E-state index in [4.69, 9.17) is 9.72 Å². The number of thiazole rings is 1. The fourth-order valence-electron chi connectivity index (χ4n) is 3.51. The summed E-state index contributed by atoms with van der Waals surface area (Å²) in [5.74, 6) is -0.454. The summed E-state index contributed by atoms with van der Waals surface area (Å²) < 4.78 is 6.15. The molecule has 3 aromatic rings. The van der Waals surface area contributed by atoms with E-state index in [0.29, 0.717) is 24.4 Å². The number of para-hydroxylation sites is 1. The average Bonchev–Trinajstić information content (AvgIpc) is 3.19. The number of hydrogen-bond donors (Lipinski definition) is 1. The fraction of sp³-hybridized carbons (Fsp3) is 0.318. The van der Waals surface area contributed by atoms with Crippen LogP contribution in [-0.2, 0) is 9.53 Å². The third kappa shape index (κ3) is 4.40. The van der Waals surface area contributed by atoms with Gasteiger partial charge in [0.25, 0.3) is 0 Å². The van der Waals surface area contributed by atoms with Crippen LogP contribution in [0, 0.1) is 5.92 Å². The lowest BCUT2D eigenvalue weighted by molar-refractivity contribution is -0.120. The van der Waals surface area contributed by atoms with Crippen LogP contribution in [0.3, 0.4) is 0 Å². The van der Waals surface area contributed by atoms with Gasteiger partial charge in [0.05, 0.1) is 28.3 Å². The van der Waals surface area contributed by atoms with Crippen molar-refractivity contribution in [2.75, 3.05) is 29.9 Å². The molecule has 2 aromatic carbocycles. The highest BCUT2D eigenvalue weighted by Crippen LogP contribution is 2.31. The molecule has 1 aliphatic rings. The van der Waals surface area contributed by atoms with E-state index < -0.39 is 0 Å². The second-order valence-corrected chi connectivity index (χ2v) is 8.05. The molecule has 0 spiro atoms. The molecule has 29 heavy (non-hydrogen) atoms. The number of nitrogens with zero attached hydrogens (tertiary/aromatic N) is 2. The van der Waals surface area contributed by atoms with Gasteiger partial charge in [-0.15, -0.1) is 0 Å². The Hall–Kier alpha value is -2.93. The molecule has 1 fully saturated rings. The maximum Gasteiger partial charge on any atom is 0.338 e. The largest absolute Gasteiger partial charge is 0.462 e. The van der Waals surface area contributed by atoms with Crippen LogP contribution >= 0.6 is 11.3 Å². The smallest absolute Gasteiger partial charge is 0.338 e. The minimum absolute atomic E-state index is 0.000282. The van der Waals surface area contributed by atoms with Gasteiger partial charge in [0, 0.05) is 18.8 Å². The van der Waals surface area contributed by atoms with E-state index in [9.17, 15) is 9.59 Å². The van der Waals surface area contributed by atoms with Crippen molar-refractivity contribution < 1.29 is 14.3 Å². The number of anilines is 2. The van der Waals surface area contributed by atoms with Gasteiger partial charge in [-0.2, -0.15) is 0 Å². The molecule has 1 unspecified atom stereocenters. The minimum atomic E-state index is -0.357. The van der Waals surface area contributed by atoms with Crippen molar-refractivity contribution in [1.29, 1.82) is 0 Å². The molecule has 2 heterocycles. The van der Waals surface area contributed by atoms with E-state index >= 15 is 0 Å². The number of hydrogen-bond acceptors (Lipinski definition) is 6. The first-order chi connectivity index (χ1) is 14.1. The molecule has 1 amide bonds. The number of amides is 1. The highest BCUT2D eigenvalue weighted by atomic mass is 32.1. The first kappa shape index (κ1) is 19.4. The van der Waals surface area contributed by atoms with Gasteiger partial charge in [0.15, 0.2) is 5.13 Å². The van der Waals surface area contributed by atoms with E-state index in [1.54, 1.807) is 42.5 Å². The van der Waals surface area contributed by atoms with Crippen molar-refractivity contribution in [3.8, 4) is 0 Å². The molecule has 0 bridgehead atoms. The summed E-state index contributed by atoms with van der Waals surface area (Å²) in [5, 5.41) is 3.95. The summed E-state index contributed by atoms with van der Waals surface area (Å²) in [6, 6.07) is 14.9. The van der Waals surface area contributed by atoms with Crippen LogP contribution in [0.25, 0.3) is 10.2 Å². The van der Waals surface area contributed by atoms with Crippen LogP contribution in [0.1, 0.15) is 30.1 Å². The number of carbonyl (C=O) groups excluding carboxylic acids is 2. The molecule has 1 aromatic heterocycles. The summed E-state index contributed by atoms with van der Waals surface area (Å²) in [4.78, 5) is 31.5. The van der Waals surface area contributed by atoms with E-state index in [0.717, 1.165) is 34.7 Å². The van der Waals surface area contributed by atoms with Gasteiger partial charge in [-0.3, -0.25) is 4.79 Å². The first-order valence-electron chi connectivity index (χ1n) is 9.82. The first-order valence-corrected chi connectivity index (χ1v) is 10.6. The molecule has 1 atom stereocenters. The van der Waals surface area contributed by atoms with Crippen LogP contribution in [-0.4, -0.2) is 36.6 Å². The maximum atomic E-state index is 12.8. The number of ether oxygens (including phenoxy) is 1. The van der Waals surface area contributed by atoms with Gasteiger partial charge < -0.3 is 15.0 Å². The maximum absolute atomic E-state index is 12.8. The zero-order chi connectivity index (χ0) is 20.2. The Labute approximate surface area is 173 Å². The van der Waals surface area contributed by atoms with Gasteiger partial charge in [-0.05, 0) is 56.2 Å². The lowest BCUT2D eigenvalue weighted by Gasteiger charge is -2.31. The standard InChI is InChI=1S/C22H23N3O3S/c1-2-28-21(27)15-9-11-17(12-10-15)23-20(26)16-6-5-13-25(14-16)22-24-18-7-3-4-8-19(18)29-22/h3-4,7-12,16H,2,5-6,13-14H2,1H3,(H,23,26). The number of rotatable bonds is 5. The number of nitrogens with one attached hydrogen (secondary N) is 1. The molecule has 6 nitrogen and oxygen atoms in total. The van der Waals surface area contributed by atoms with E-state index in [-0.39, 0.29) is 17.8 Å². The monoisotopic (exact) mass is 409 g/mol. The van der Waals surface area contributed by atoms with Gasteiger partial charge in [0.1, 0.15) is 0 Å². The Bertz CT molecular complexity index is 983. The molecule has 0 saturated carbocycles. The van der Waals surface area contributed by atoms with Crippen molar-refractivity contribution in [1.82, 2.24) is 4.98 Å². The number of aromatic nitrogens is 1. The summed E-state index contributed by atoms with van der Waals surface area (Å²) in [6.07, 6.45) is 1.81. The normalized spacial score (nSPS) is 16.6. The average molecular weight is 410 g/mol. The van der Waals surface area contributed by atoms with Crippen molar-refractivity contribution in [2.24, 2.45) is 5.92 Å². The lowest BCUT2D eigenvalue weighted by atomic mass is 9.97. The number of benzene rings is 2. The van der Waals surface area contributed by atoms with Crippen LogP contribution in [0.5, 0.6) is 0 Å². The zero-order valence-corrected chi connectivity index (χ0v) is 17.1. The molecule has 1 aliphatic heterocycles. The molecular formula is C22H23N3O3S. The number of piperidine rings is 1. The Morgan fingerprint density at radius 3 is 2.76 bits per heavy atom. The predicted molar refractivity (Wildman–Crippen MR) is 116 cm³/mol. The summed E-state index contributed by atoms with van der Waals surface area (Å²) in [6.45, 7) is 3.68. The Kier molecular flexibility index (Phi) is 5.76.